The number of nitrogens with one attached hydrogen (secondary N) is 2. The molecule has 3 rings (SSSR count). The molecule has 4 N–H and O–H groups in total. The lowest BCUT2D eigenvalue weighted by Crippen LogP contribution is -2.44. The molecule has 0 heterocycles. The predicted octanol–water partition coefficient (Wildman–Crippen LogP) is 3.27. The number of anilines is 1. The van der Waals surface area contributed by atoms with Crippen LogP contribution in [0.2, 0.25) is 0 Å². The molecule has 2 amide bonds. The lowest BCUT2D eigenvalue weighted by molar-refractivity contribution is -0.143. The third-order valence-corrected chi connectivity index (χ3v) is 5.00. The highest BCUT2D eigenvalue weighted by atomic mass is 16.5. The first-order chi connectivity index (χ1) is 16.3. The maximum Gasteiger partial charge on any atom is 0.329 e. The molecule has 176 valence electrons. The molecule has 0 radical (unpaired) electrons. The van der Waals surface area contributed by atoms with Gasteiger partial charge in [0.2, 0.25) is 11.8 Å². The van der Waals surface area contributed by atoms with E-state index in [1.807, 2.05) is 30.3 Å². The summed E-state index contributed by atoms with van der Waals surface area (Å²) in [5.74, 6) is -1.74. The number of phenols is 1. The summed E-state index contributed by atoms with van der Waals surface area (Å²) in [6.45, 7) is 0.857. The van der Waals surface area contributed by atoms with Crippen LogP contribution in [0.4, 0.5) is 5.69 Å². The minimum atomic E-state index is -1.09. The number of carbonyl (C=O) groups is 3. The van der Waals surface area contributed by atoms with Crippen LogP contribution in [0.5, 0.6) is 5.75 Å². The van der Waals surface area contributed by atoms with Crippen LogP contribution in [0.15, 0.2) is 78.9 Å². The number of carbonyl (C=O) groups excluding carboxylic acids is 2. The molecular formula is C26H26N2O6. The van der Waals surface area contributed by atoms with Gasteiger partial charge >= 0.3 is 5.97 Å². The topological polar surface area (TPSA) is 125 Å². The summed E-state index contributed by atoms with van der Waals surface area (Å²) in [4.78, 5) is 35.8. The molecule has 0 spiro atoms. The van der Waals surface area contributed by atoms with E-state index >= 15 is 0 Å². The van der Waals surface area contributed by atoms with Gasteiger partial charge in [-0.3, -0.25) is 9.59 Å². The molecule has 0 aromatic heterocycles. The summed E-state index contributed by atoms with van der Waals surface area (Å²) in [6, 6.07) is 21.7. The van der Waals surface area contributed by atoms with Gasteiger partial charge in [-0.1, -0.05) is 54.6 Å². The minimum absolute atomic E-state index is 0.110. The first kappa shape index (κ1) is 24.5. The smallest absolute Gasteiger partial charge is 0.329 e. The van der Waals surface area contributed by atoms with Crippen molar-refractivity contribution in [1.82, 2.24) is 5.32 Å². The predicted molar refractivity (Wildman–Crippen MR) is 126 cm³/mol. The quantitative estimate of drug-likeness (QED) is 0.367. The molecule has 1 unspecified atom stereocenters. The average Bonchev–Trinajstić information content (AvgIpc) is 2.81. The van der Waals surface area contributed by atoms with Gasteiger partial charge in [-0.25, -0.2) is 4.79 Å². The second-order valence-corrected chi connectivity index (χ2v) is 7.73. The third-order valence-electron chi connectivity index (χ3n) is 5.00. The van der Waals surface area contributed by atoms with Gasteiger partial charge in [0.1, 0.15) is 24.5 Å². The molecule has 8 nitrogen and oxygen atoms in total. The molecule has 3 aromatic carbocycles. The number of hydrogen-bond donors (Lipinski definition) is 4. The van der Waals surface area contributed by atoms with Gasteiger partial charge in [0.05, 0.1) is 0 Å². The third kappa shape index (κ3) is 7.18. The number of benzene rings is 3. The van der Waals surface area contributed by atoms with Crippen molar-refractivity contribution in [3.8, 4) is 5.75 Å². The lowest BCUT2D eigenvalue weighted by atomic mass is 10.0. The monoisotopic (exact) mass is 462 g/mol. The second kappa shape index (κ2) is 11.6. The van der Waals surface area contributed by atoms with Gasteiger partial charge in [0.25, 0.3) is 0 Å². The zero-order valence-corrected chi connectivity index (χ0v) is 18.6. The van der Waals surface area contributed by atoms with Crippen molar-refractivity contribution in [2.45, 2.75) is 25.5 Å². The standard InChI is InChI=1S/C26H26N2O6/c1-17(29)27-23(14-18-10-12-22(30)13-11-18)26(33)28-21-9-5-8-20(15-21)25(34-16-24(31)32)19-6-3-2-4-7-19/h2-13,15,23,25,30H,14,16H2,1H3,(H,27,29)(H,28,33)(H,31,32)/t23-,25?/m0/s1. The summed E-state index contributed by atoms with van der Waals surface area (Å²) >= 11 is 0. The molecule has 0 aliphatic heterocycles. The van der Waals surface area contributed by atoms with Gasteiger partial charge in [-0.2, -0.15) is 0 Å². The number of carboxylic acid groups (broad SMARTS) is 1. The van der Waals surface area contributed by atoms with Crippen molar-refractivity contribution in [1.29, 1.82) is 0 Å². The number of carboxylic acids is 1. The van der Waals surface area contributed by atoms with Crippen LogP contribution in [-0.4, -0.2) is 40.6 Å². The Bertz CT molecular complexity index is 1130. The summed E-state index contributed by atoms with van der Waals surface area (Å²) in [5, 5.41) is 24.0. The first-order valence-corrected chi connectivity index (χ1v) is 10.7. The normalized spacial score (nSPS) is 12.4. The van der Waals surface area contributed by atoms with E-state index in [2.05, 4.69) is 10.6 Å². The maximum absolute atomic E-state index is 13.0. The van der Waals surface area contributed by atoms with E-state index in [0.717, 1.165) is 11.1 Å². The number of hydrogen-bond acceptors (Lipinski definition) is 5. The van der Waals surface area contributed by atoms with Gasteiger partial charge in [-0.05, 0) is 41.0 Å². The Balaban J connectivity index is 1.80. The van der Waals surface area contributed by atoms with Crippen molar-refractivity contribution in [2.75, 3.05) is 11.9 Å². The average molecular weight is 463 g/mol. The Morgan fingerprint density at radius 2 is 1.59 bits per heavy atom. The first-order valence-electron chi connectivity index (χ1n) is 10.7. The maximum atomic E-state index is 13.0. The Morgan fingerprint density at radius 1 is 0.912 bits per heavy atom. The Kier molecular flexibility index (Phi) is 8.37. The van der Waals surface area contributed by atoms with Crippen molar-refractivity contribution in [3.05, 3.63) is 95.6 Å². The van der Waals surface area contributed by atoms with Gasteiger partial charge < -0.3 is 25.6 Å². The zero-order chi connectivity index (χ0) is 24.5. The summed E-state index contributed by atoms with van der Waals surface area (Å²) in [6.07, 6.45) is -0.406. The van der Waals surface area contributed by atoms with Crippen molar-refractivity contribution in [2.24, 2.45) is 0 Å². The number of aromatic hydroxyl groups is 1. The molecule has 2 atom stereocenters. The fourth-order valence-corrected chi connectivity index (χ4v) is 3.50. The molecule has 8 heteroatoms. The van der Waals surface area contributed by atoms with Gasteiger partial charge in [-0.15, -0.1) is 0 Å². The largest absolute Gasteiger partial charge is 0.508 e. The molecule has 0 saturated heterocycles. The number of ether oxygens (including phenoxy) is 1. The summed E-state index contributed by atoms with van der Waals surface area (Å²) in [7, 11) is 0. The SMILES string of the molecule is CC(=O)N[C@@H](Cc1ccc(O)cc1)C(=O)Nc1cccc(C(OCC(=O)O)c2ccccc2)c1. The number of phenolic OH excluding ortho intramolecular Hbond substituents is 1. The van der Waals surface area contributed by atoms with Crippen LogP contribution in [-0.2, 0) is 25.5 Å². The Hall–Kier alpha value is -4.17. The van der Waals surface area contributed by atoms with Crippen molar-refractivity contribution in [3.63, 3.8) is 0 Å². The zero-order valence-electron chi connectivity index (χ0n) is 18.6. The van der Waals surface area contributed by atoms with E-state index in [0.29, 0.717) is 11.3 Å². The van der Waals surface area contributed by atoms with E-state index in [-0.39, 0.29) is 18.1 Å². The Morgan fingerprint density at radius 3 is 2.24 bits per heavy atom. The lowest BCUT2D eigenvalue weighted by Gasteiger charge is -2.20. The van der Waals surface area contributed by atoms with Gasteiger partial charge in [0.15, 0.2) is 0 Å². The highest BCUT2D eigenvalue weighted by Gasteiger charge is 2.21. The molecule has 34 heavy (non-hydrogen) atoms. The van der Waals surface area contributed by atoms with E-state index in [1.54, 1.807) is 36.4 Å². The van der Waals surface area contributed by atoms with E-state index < -0.39 is 30.6 Å². The number of aliphatic carboxylic acids is 1. The van der Waals surface area contributed by atoms with Crippen LogP contribution >= 0.6 is 0 Å². The van der Waals surface area contributed by atoms with Crippen LogP contribution in [0.1, 0.15) is 29.7 Å². The van der Waals surface area contributed by atoms with Crippen LogP contribution < -0.4 is 10.6 Å². The molecule has 0 aliphatic rings. The molecule has 3 aromatic rings. The highest BCUT2D eigenvalue weighted by Crippen LogP contribution is 2.28. The van der Waals surface area contributed by atoms with E-state index in [4.69, 9.17) is 9.84 Å². The fourth-order valence-electron chi connectivity index (χ4n) is 3.50. The van der Waals surface area contributed by atoms with Crippen LogP contribution in [0.3, 0.4) is 0 Å². The molecular weight excluding hydrogens is 436 g/mol. The van der Waals surface area contributed by atoms with Crippen LogP contribution in [0.25, 0.3) is 0 Å². The fraction of sp³-hybridized carbons (Fsp3) is 0.192. The van der Waals surface area contributed by atoms with Crippen molar-refractivity contribution < 1.29 is 29.3 Å². The highest BCUT2D eigenvalue weighted by molar-refractivity contribution is 5.97. The van der Waals surface area contributed by atoms with E-state index in [1.165, 1.54) is 19.1 Å². The van der Waals surface area contributed by atoms with E-state index in [9.17, 15) is 19.5 Å². The molecule has 0 aliphatic carbocycles. The molecule has 0 fully saturated rings. The summed E-state index contributed by atoms with van der Waals surface area (Å²) in [5.41, 5.74) is 2.69. The summed E-state index contributed by atoms with van der Waals surface area (Å²) < 4.78 is 5.63. The van der Waals surface area contributed by atoms with Gasteiger partial charge in [0, 0.05) is 19.0 Å². The number of rotatable bonds is 10. The second-order valence-electron chi connectivity index (χ2n) is 7.73. The van der Waals surface area contributed by atoms with Crippen molar-refractivity contribution >= 4 is 23.5 Å². The molecule has 0 saturated carbocycles. The number of amides is 2. The minimum Gasteiger partial charge on any atom is -0.508 e. The molecule has 0 bridgehead atoms. The van der Waals surface area contributed by atoms with Crippen LogP contribution in [0, 0.1) is 0 Å². The Labute approximate surface area is 197 Å².